The van der Waals surface area contributed by atoms with E-state index in [1.807, 2.05) is 0 Å². The Morgan fingerprint density at radius 3 is 2.94 bits per heavy atom. The summed E-state index contributed by atoms with van der Waals surface area (Å²) in [7, 11) is 1.70. The van der Waals surface area contributed by atoms with Gasteiger partial charge in [-0.3, -0.25) is 0 Å². The van der Waals surface area contributed by atoms with Gasteiger partial charge in [0.25, 0.3) is 0 Å². The summed E-state index contributed by atoms with van der Waals surface area (Å²) >= 11 is 0. The largest absolute Gasteiger partial charge is 0.389 e. The topological polar surface area (TPSA) is 120 Å². The Bertz CT molecular complexity index is 512. The summed E-state index contributed by atoms with van der Waals surface area (Å²) in [6.07, 6.45) is 0.969. The second-order valence-electron chi connectivity index (χ2n) is 3.80. The van der Waals surface area contributed by atoms with E-state index in [2.05, 4.69) is 20.3 Å². The van der Waals surface area contributed by atoms with Crippen LogP contribution in [0.4, 0.5) is 5.82 Å². The Morgan fingerprint density at radius 2 is 2.24 bits per heavy atom. The van der Waals surface area contributed by atoms with Gasteiger partial charge in [-0.1, -0.05) is 0 Å². The van der Waals surface area contributed by atoms with Gasteiger partial charge in [0.1, 0.15) is 23.9 Å². The smallest absolute Gasteiger partial charge is 0.143 e. The van der Waals surface area contributed by atoms with Gasteiger partial charge in [-0.2, -0.15) is 0 Å². The molecule has 92 valence electrons. The van der Waals surface area contributed by atoms with Gasteiger partial charge in [-0.25, -0.2) is 9.97 Å². The Kier molecular flexibility index (Phi) is 3.23. The zero-order chi connectivity index (χ0) is 12.4. The van der Waals surface area contributed by atoms with E-state index < -0.39 is 12.2 Å². The third-order valence-corrected chi connectivity index (χ3v) is 2.63. The van der Waals surface area contributed by atoms with E-state index in [1.165, 1.54) is 6.33 Å². The van der Waals surface area contributed by atoms with Gasteiger partial charge in [-0.15, -0.1) is 0 Å². The molecule has 7 heteroatoms. The molecule has 6 N–H and O–H groups in total. The molecule has 0 saturated heterocycles. The first-order chi connectivity index (χ1) is 8.15. The molecule has 0 saturated carbocycles. The average Bonchev–Trinajstić information content (AvgIpc) is 2.73. The Labute approximate surface area is 97.7 Å². The van der Waals surface area contributed by atoms with Crippen molar-refractivity contribution >= 4 is 16.9 Å². The van der Waals surface area contributed by atoms with Crippen molar-refractivity contribution in [3.8, 4) is 0 Å². The van der Waals surface area contributed by atoms with Crippen molar-refractivity contribution in [2.75, 3.05) is 19.3 Å². The monoisotopic (exact) mass is 237 g/mol. The maximum absolute atomic E-state index is 10.0. The Balaban J connectivity index is 2.42. The van der Waals surface area contributed by atoms with Gasteiger partial charge in [-0.05, 0) is 7.05 Å². The van der Waals surface area contributed by atoms with Crippen molar-refractivity contribution in [1.29, 1.82) is 0 Å². The number of nitrogens with one attached hydrogen (secondary N) is 2. The van der Waals surface area contributed by atoms with Crippen LogP contribution in [-0.2, 0) is 0 Å². The van der Waals surface area contributed by atoms with Crippen LogP contribution in [0.3, 0.4) is 0 Å². The number of fused-ring (bicyclic) bond motifs is 1. The summed E-state index contributed by atoms with van der Waals surface area (Å²) in [5.41, 5.74) is 6.78. The highest BCUT2D eigenvalue weighted by atomic mass is 16.3. The molecule has 2 aromatic rings. The first kappa shape index (κ1) is 11.8. The molecule has 0 amide bonds. The molecule has 0 aliphatic carbocycles. The summed E-state index contributed by atoms with van der Waals surface area (Å²) in [6, 6.07) is 0. The van der Waals surface area contributed by atoms with Gasteiger partial charge in [0.2, 0.25) is 0 Å². The molecule has 2 heterocycles. The lowest BCUT2D eigenvalue weighted by Gasteiger charge is -2.16. The quantitative estimate of drug-likeness (QED) is 0.472. The molecule has 17 heavy (non-hydrogen) atoms. The number of nitrogen functional groups attached to an aromatic ring is 1. The van der Waals surface area contributed by atoms with Crippen molar-refractivity contribution in [1.82, 2.24) is 20.3 Å². The SMILES string of the molecule is CNCC(O)C(O)c1c[nH]c2ncnc(N)c12. The minimum Gasteiger partial charge on any atom is -0.389 e. The number of H-pyrrole nitrogens is 1. The number of likely N-dealkylation sites (N-methyl/N-ethyl adjacent to an activating group) is 1. The predicted octanol–water partition coefficient (Wildman–Crippen LogP) is -0.846. The molecule has 2 rings (SSSR count). The summed E-state index contributed by atoms with van der Waals surface area (Å²) in [5.74, 6) is 0.280. The number of hydrogen-bond acceptors (Lipinski definition) is 6. The molecule has 0 bridgehead atoms. The van der Waals surface area contributed by atoms with E-state index in [-0.39, 0.29) is 12.4 Å². The molecule has 2 unspecified atom stereocenters. The fourth-order valence-corrected chi connectivity index (χ4v) is 1.77. The number of aliphatic hydroxyl groups excluding tert-OH is 2. The van der Waals surface area contributed by atoms with E-state index >= 15 is 0 Å². The minimum atomic E-state index is -1.04. The summed E-state index contributed by atoms with van der Waals surface area (Å²) in [6.45, 7) is 0.279. The van der Waals surface area contributed by atoms with Crippen molar-refractivity contribution in [2.45, 2.75) is 12.2 Å². The van der Waals surface area contributed by atoms with Gasteiger partial charge in [0.05, 0.1) is 11.5 Å². The zero-order valence-electron chi connectivity index (χ0n) is 9.38. The first-order valence-corrected chi connectivity index (χ1v) is 5.23. The average molecular weight is 237 g/mol. The number of hydrogen-bond donors (Lipinski definition) is 5. The van der Waals surface area contributed by atoms with Crippen LogP contribution in [0.25, 0.3) is 11.0 Å². The Hall–Kier alpha value is -1.70. The molecular formula is C10H15N5O2. The van der Waals surface area contributed by atoms with Crippen molar-refractivity contribution in [3.63, 3.8) is 0 Å². The summed E-state index contributed by atoms with van der Waals surface area (Å²) in [4.78, 5) is 10.7. The van der Waals surface area contributed by atoms with Crippen LogP contribution in [0.1, 0.15) is 11.7 Å². The maximum Gasteiger partial charge on any atom is 0.143 e. The number of aromatic amines is 1. The number of nitrogens with zero attached hydrogens (tertiary/aromatic N) is 2. The number of aromatic nitrogens is 3. The first-order valence-electron chi connectivity index (χ1n) is 5.23. The molecule has 7 nitrogen and oxygen atoms in total. The maximum atomic E-state index is 10.0. The van der Waals surface area contributed by atoms with E-state index in [4.69, 9.17) is 5.73 Å². The fourth-order valence-electron chi connectivity index (χ4n) is 1.77. The van der Waals surface area contributed by atoms with Gasteiger partial charge in [0.15, 0.2) is 0 Å². The molecule has 0 spiro atoms. The molecule has 0 fully saturated rings. The van der Waals surface area contributed by atoms with Crippen molar-refractivity contribution in [3.05, 3.63) is 18.1 Å². The highest BCUT2D eigenvalue weighted by Crippen LogP contribution is 2.27. The molecular weight excluding hydrogens is 222 g/mol. The minimum absolute atomic E-state index is 0.279. The highest BCUT2D eigenvalue weighted by Gasteiger charge is 2.22. The van der Waals surface area contributed by atoms with E-state index in [0.717, 1.165) is 0 Å². The van der Waals surface area contributed by atoms with Crippen molar-refractivity contribution < 1.29 is 10.2 Å². The molecule has 0 aliphatic heterocycles. The van der Waals surface area contributed by atoms with E-state index in [0.29, 0.717) is 16.6 Å². The number of rotatable bonds is 4. The normalized spacial score (nSPS) is 15.0. The Morgan fingerprint density at radius 1 is 1.47 bits per heavy atom. The highest BCUT2D eigenvalue weighted by molar-refractivity contribution is 5.89. The van der Waals surface area contributed by atoms with E-state index in [1.54, 1.807) is 13.2 Å². The van der Waals surface area contributed by atoms with Crippen molar-refractivity contribution in [2.24, 2.45) is 0 Å². The van der Waals surface area contributed by atoms with Gasteiger partial charge in [0, 0.05) is 18.3 Å². The van der Waals surface area contributed by atoms with Crippen LogP contribution in [0.15, 0.2) is 12.5 Å². The van der Waals surface area contributed by atoms with Crippen LogP contribution in [0.2, 0.25) is 0 Å². The van der Waals surface area contributed by atoms with Gasteiger partial charge < -0.3 is 26.2 Å². The van der Waals surface area contributed by atoms with Gasteiger partial charge >= 0.3 is 0 Å². The lowest BCUT2D eigenvalue weighted by Crippen LogP contribution is -2.29. The van der Waals surface area contributed by atoms with E-state index in [9.17, 15) is 10.2 Å². The summed E-state index contributed by atoms with van der Waals surface area (Å²) in [5, 5.41) is 23.1. The van der Waals surface area contributed by atoms with Crippen LogP contribution in [-0.4, -0.2) is 44.9 Å². The lowest BCUT2D eigenvalue weighted by atomic mass is 10.0. The molecule has 2 atom stereocenters. The second-order valence-corrected chi connectivity index (χ2v) is 3.80. The zero-order valence-corrected chi connectivity index (χ0v) is 9.38. The molecule has 0 aromatic carbocycles. The summed E-state index contributed by atoms with van der Waals surface area (Å²) < 4.78 is 0. The van der Waals surface area contributed by atoms with Crippen LogP contribution < -0.4 is 11.1 Å². The molecule has 0 radical (unpaired) electrons. The number of anilines is 1. The molecule has 2 aromatic heterocycles. The fraction of sp³-hybridized carbons (Fsp3) is 0.400. The number of nitrogens with two attached hydrogens (primary N) is 1. The number of aliphatic hydroxyl groups is 2. The third kappa shape index (κ3) is 2.07. The molecule has 0 aliphatic rings. The predicted molar refractivity (Wildman–Crippen MR) is 63.2 cm³/mol. The van der Waals surface area contributed by atoms with Crippen LogP contribution >= 0.6 is 0 Å². The van der Waals surface area contributed by atoms with Crippen LogP contribution in [0.5, 0.6) is 0 Å². The third-order valence-electron chi connectivity index (χ3n) is 2.63. The van der Waals surface area contributed by atoms with Crippen LogP contribution in [0, 0.1) is 0 Å². The second kappa shape index (κ2) is 4.66. The lowest BCUT2D eigenvalue weighted by molar-refractivity contribution is 0.0211. The standard InChI is InChI=1S/C10H15N5O2/c1-12-3-6(16)8(17)5-2-13-10-7(5)9(11)14-4-15-10/h2,4,6,8,12,16-17H,3H2,1H3,(H3,11,13,14,15).